The van der Waals surface area contributed by atoms with Crippen molar-refractivity contribution in [2.75, 3.05) is 0 Å². The minimum absolute atomic E-state index is 0.205. The molecule has 0 radical (unpaired) electrons. The van der Waals surface area contributed by atoms with E-state index in [-0.39, 0.29) is 5.91 Å². The van der Waals surface area contributed by atoms with Crippen LogP contribution in [0, 0.1) is 23.7 Å². The van der Waals surface area contributed by atoms with Crippen LogP contribution in [-0.2, 0) is 11.3 Å². The third kappa shape index (κ3) is 3.32. The maximum atomic E-state index is 11.8. The van der Waals surface area contributed by atoms with Crippen LogP contribution in [0.1, 0.15) is 31.4 Å². The molecule has 0 aromatic heterocycles. The maximum absolute atomic E-state index is 11.8. The summed E-state index contributed by atoms with van der Waals surface area (Å²) < 4.78 is 0. The number of nitrogens with one attached hydrogen (secondary N) is 1. The topological polar surface area (TPSA) is 52.9 Å². The summed E-state index contributed by atoms with van der Waals surface area (Å²) in [5, 5.41) is 11.8. The molecule has 0 saturated heterocycles. The average Bonchev–Trinajstić information content (AvgIpc) is 2.36. The van der Waals surface area contributed by atoms with Gasteiger partial charge in [0, 0.05) is 6.54 Å². The van der Waals surface area contributed by atoms with Gasteiger partial charge in [0.25, 0.3) is 0 Å². The summed E-state index contributed by atoms with van der Waals surface area (Å²) in [6.07, 6.45) is 0.517. The lowest BCUT2D eigenvalue weighted by Gasteiger charge is -2.18. The summed E-state index contributed by atoms with van der Waals surface area (Å²) in [5.74, 6) is -0.205. The second-order valence-electron chi connectivity index (χ2n) is 4.47. The predicted molar refractivity (Wildman–Crippen MR) is 67.0 cm³/mol. The summed E-state index contributed by atoms with van der Waals surface area (Å²) in [6.45, 7) is 5.99. The summed E-state index contributed by atoms with van der Waals surface area (Å²) in [5.41, 5.74) is 1.31. The molecule has 1 unspecified atom stereocenters. The Morgan fingerprint density at radius 1 is 1.41 bits per heavy atom. The van der Waals surface area contributed by atoms with Gasteiger partial charge >= 0.3 is 0 Å². The molecule has 0 aliphatic carbocycles. The molecule has 90 valence electrons. The van der Waals surface area contributed by atoms with Crippen LogP contribution in [0.15, 0.2) is 24.3 Å². The Hall–Kier alpha value is -1.82. The molecule has 0 aliphatic heterocycles. The number of carbonyl (C=O) groups is 1. The Balaban J connectivity index is 2.60. The average molecular weight is 230 g/mol. The number of hydrogen-bond acceptors (Lipinski definition) is 2. The molecule has 1 aromatic rings. The van der Waals surface area contributed by atoms with Gasteiger partial charge in [-0.05, 0) is 25.8 Å². The summed E-state index contributed by atoms with van der Waals surface area (Å²) in [4.78, 5) is 11.8. The second kappa shape index (κ2) is 5.49. The minimum atomic E-state index is -0.926. The number of nitrogens with zero attached hydrogens (tertiary/aromatic N) is 1. The lowest BCUT2D eigenvalue weighted by Crippen LogP contribution is -2.37. The highest BCUT2D eigenvalue weighted by Crippen LogP contribution is 2.19. The summed E-state index contributed by atoms with van der Waals surface area (Å²) in [6, 6.07) is 10.0. The highest BCUT2D eigenvalue weighted by Gasteiger charge is 2.30. The first-order valence-corrected chi connectivity index (χ1v) is 5.77. The van der Waals surface area contributed by atoms with Crippen molar-refractivity contribution in [2.24, 2.45) is 5.41 Å². The highest BCUT2D eigenvalue weighted by atomic mass is 16.2. The molecular formula is C14H18N2O. The van der Waals surface area contributed by atoms with Crippen molar-refractivity contribution in [1.29, 1.82) is 5.26 Å². The monoisotopic (exact) mass is 230 g/mol. The van der Waals surface area contributed by atoms with Crippen molar-refractivity contribution >= 4 is 5.91 Å². The van der Waals surface area contributed by atoms with Crippen molar-refractivity contribution < 1.29 is 4.79 Å². The van der Waals surface area contributed by atoms with E-state index in [0.717, 1.165) is 5.56 Å². The van der Waals surface area contributed by atoms with E-state index in [1.165, 1.54) is 5.56 Å². The van der Waals surface area contributed by atoms with Crippen molar-refractivity contribution in [1.82, 2.24) is 5.32 Å². The number of carbonyl (C=O) groups excluding carboxylic acids is 1. The van der Waals surface area contributed by atoms with Crippen LogP contribution in [0.4, 0.5) is 0 Å². The van der Waals surface area contributed by atoms with Crippen molar-refractivity contribution in [2.45, 2.75) is 33.7 Å². The smallest absolute Gasteiger partial charge is 0.240 e. The van der Waals surface area contributed by atoms with Crippen LogP contribution in [0.2, 0.25) is 0 Å². The quantitative estimate of drug-likeness (QED) is 0.864. The molecule has 1 rings (SSSR count). The molecule has 3 heteroatoms. The molecule has 1 N–H and O–H groups in total. The number of rotatable bonds is 4. The van der Waals surface area contributed by atoms with E-state index in [2.05, 4.69) is 11.4 Å². The Morgan fingerprint density at radius 2 is 2.00 bits per heavy atom. The van der Waals surface area contributed by atoms with Crippen LogP contribution in [0.25, 0.3) is 0 Å². The van der Waals surface area contributed by atoms with Crippen LogP contribution < -0.4 is 5.32 Å². The normalized spacial score (nSPS) is 13.5. The second-order valence-corrected chi connectivity index (χ2v) is 4.47. The molecule has 17 heavy (non-hydrogen) atoms. The van der Waals surface area contributed by atoms with Crippen LogP contribution in [0.3, 0.4) is 0 Å². The largest absolute Gasteiger partial charge is 0.351 e. The van der Waals surface area contributed by atoms with Crippen molar-refractivity contribution in [3.8, 4) is 6.07 Å². The molecular weight excluding hydrogens is 212 g/mol. The first-order chi connectivity index (χ1) is 8.01. The fourth-order valence-corrected chi connectivity index (χ4v) is 1.37. The summed E-state index contributed by atoms with van der Waals surface area (Å²) in [7, 11) is 0. The van der Waals surface area contributed by atoms with Gasteiger partial charge in [0.1, 0.15) is 5.41 Å². The summed E-state index contributed by atoms with van der Waals surface area (Å²) >= 11 is 0. The number of hydrogen-bond donors (Lipinski definition) is 1. The Kier molecular flexibility index (Phi) is 4.28. The van der Waals surface area contributed by atoms with E-state index < -0.39 is 5.41 Å². The van der Waals surface area contributed by atoms with Gasteiger partial charge in [-0.3, -0.25) is 4.79 Å². The number of aryl methyl sites for hydroxylation is 1. The molecule has 0 heterocycles. The van der Waals surface area contributed by atoms with E-state index in [0.29, 0.717) is 13.0 Å². The standard InChI is InChI=1S/C14H18N2O/c1-4-14(3,10-15)13(17)16-9-12-7-5-11(2)6-8-12/h5-8H,4,9H2,1-3H3,(H,16,17). The fourth-order valence-electron chi connectivity index (χ4n) is 1.37. The highest BCUT2D eigenvalue weighted by molar-refractivity contribution is 5.84. The first-order valence-electron chi connectivity index (χ1n) is 5.77. The maximum Gasteiger partial charge on any atom is 0.240 e. The lowest BCUT2D eigenvalue weighted by molar-refractivity contribution is -0.127. The van der Waals surface area contributed by atoms with E-state index in [4.69, 9.17) is 5.26 Å². The van der Waals surface area contributed by atoms with Crippen molar-refractivity contribution in [3.63, 3.8) is 0 Å². The Morgan fingerprint density at radius 3 is 2.47 bits per heavy atom. The fraction of sp³-hybridized carbons (Fsp3) is 0.429. The SMILES string of the molecule is CCC(C)(C#N)C(=O)NCc1ccc(C)cc1. The van der Waals surface area contributed by atoms with Gasteiger partial charge in [0.05, 0.1) is 6.07 Å². The minimum Gasteiger partial charge on any atom is -0.351 e. The number of benzene rings is 1. The van der Waals surface area contributed by atoms with Gasteiger partial charge in [-0.1, -0.05) is 36.8 Å². The van der Waals surface area contributed by atoms with Gasteiger partial charge in [-0.2, -0.15) is 5.26 Å². The van der Waals surface area contributed by atoms with Crippen molar-refractivity contribution in [3.05, 3.63) is 35.4 Å². The van der Waals surface area contributed by atoms with E-state index in [1.807, 2.05) is 38.1 Å². The van der Waals surface area contributed by atoms with E-state index >= 15 is 0 Å². The van der Waals surface area contributed by atoms with E-state index in [9.17, 15) is 4.79 Å². The molecule has 1 aromatic carbocycles. The molecule has 3 nitrogen and oxygen atoms in total. The third-order valence-corrected chi connectivity index (χ3v) is 3.03. The third-order valence-electron chi connectivity index (χ3n) is 3.03. The molecule has 0 spiro atoms. The van der Waals surface area contributed by atoms with Gasteiger partial charge < -0.3 is 5.32 Å². The van der Waals surface area contributed by atoms with Gasteiger partial charge in [0.15, 0.2) is 0 Å². The number of nitriles is 1. The Labute approximate surface area is 102 Å². The lowest BCUT2D eigenvalue weighted by atomic mass is 9.88. The van der Waals surface area contributed by atoms with Gasteiger partial charge in [0.2, 0.25) is 5.91 Å². The molecule has 0 bridgehead atoms. The van der Waals surface area contributed by atoms with E-state index in [1.54, 1.807) is 6.92 Å². The van der Waals surface area contributed by atoms with Crippen LogP contribution in [-0.4, -0.2) is 5.91 Å². The molecule has 0 fully saturated rings. The molecule has 1 atom stereocenters. The van der Waals surface area contributed by atoms with Crippen LogP contribution >= 0.6 is 0 Å². The molecule has 0 saturated carbocycles. The number of amides is 1. The zero-order valence-corrected chi connectivity index (χ0v) is 10.6. The van der Waals surface area contributed by atoms with Gasteiger partial charge in [-0.15, -0.1) is 0 Å². The van der Waals surface area contributed by atoms with Gasteiger partial charge in [-0.25, -0.2) is 0 Å². The van der Waals surface area contributed by atoms with Crippen LogP contribution in [0.5, 0.6) is 0 Å². The molecule has 0 aliphatic rings. The molecule has 1 amide bonds. The zero-order valence-electron chi connectivity index (χ0n) is 10.6. The zero-order chi connectivity index (χ0) is 12.9. The Bertz CT molecular complexity index is 431. The predicted octanol–water partition coefficient (Wildman–Crippen LogP) is 2.55. The first kappa shape index (κ1) is 13.2.